The van der Waals surface area contributed by atoms with Crippen LogP contribution >= 0.6 is 11.3 Å². The molecule has 0 spiro atoms. The Morgan fingerprint density at radius 1 is 1.21 bits per heavy atom. The molecule has 2 fully saturated rings. The number of ether oxygens (including phenoxy) is 1. The molecule has 0 unspecified atom stereocenters. The Hall–Kier alpha value is -1.71. The average molecular weight is 409 g/mol. The molecule has 0 bridgehead atoms. The molecule has 0 aliphatic carbocycles. The number of guanidine groups is 1. The maximum absolute atomic E-state index is 12.4. The summed E-state index contributed by atoms with van der Waals surface area (Å²) in [5.41, 5.74) is 0. The Labute approximate surface area is 171 Å². The van der Waals surface area contributed by atoms with E-state index in [1.807, 2.05) is 18.1 Å². The van der Waals surface area contributed by atoms with Crippen LogP contribution in [0.2, 0.25) is 0 Å². The molecule has 2 saturated heterocycles. The van der Waals surface area contributed by atoms with Gasteiger partial charge in [0.2, 0.25) is 5.91 Å². The molecule has 1 amide bonds. The lowest BCUT2D eigenvalue weighted by Gasteiger charge is -2.37. The van der Waals surface area contributed by atoms with Crippen LogP contribution in [0.25, 0.3) is 0 Å². The van der Waals surface area contributed by atoms with Crippen molar-refractivity contribution in [3.05, 3.63) is 16.1 Å². The van der Waals surface area contributed by atoms with Gasteiger partial charge < -0.3 is 19.9 Å². The van der Waals surface area contributed by atoms with Crippen molar-refractivity contribution in [3.63, 3.8) is 0 Å². The molecule has 9 heteroatoms. The standard InChI is InChI=1S/C19H32N6O2S/c1-3-16-14-22-17(28-16)4-5-21-19(20-2)25-8-6-23(7-9-25)15-18(26)24-10-12-27-13-11-24/h14H,3-13,15H2,1-2H3,(H,20,21). The number of carbonyl (C=O) groups excluding carboxylic acids is 1. The third-order valence-electron chi connectivity index (χ3n) is 5.18. The van der Waals surface area contributed by atoms with Crippen molar-refractivity contribution in [1.29, 1.82) is 0 Å². The minimum absolute atomic E-state index is 0.217. The number of carbonyl (C=O) groups is 1. The van der Waals surface area contributed by atoms with Gasteiger partial charge in [-0.15, -0.1) is 11.3 Å². The minimum Gasteiger partial charge on any atom is -0.378 e. The van der Waals surface area contributed by atoms with E-state index in [1.165, 1.54) is 9.88 Å². The summed E-state index contributed by atoms with van der Waals surface area (Å²) in [6, 6.07) is 0. The van der Waals surface area contributed by atoms with Crippen LogP contribution in [0.3, 0.4) is 0 Å². The summed E-state index contributed by atoms with van der Waals surface area (Å²) < 4.78 is 5.32. The number of aromatic nitrogens is 1. The molecule has 1 N–H and O–H groups in total. The Bertz CT molecular complexity index is 651. The number of morpholine rings is 1. The molecule has 0 atom stereocenters. The van der Waals surface area contributed by atoms with E-state index < -0.39 is 0 Å². The average Bonchev–Trinajstić information content (AvgIpc) is 3.21. The van der Waals surface area contributed by atoms with Crippen molar-refractivity contribution in [1.82, 2.24) is 25.0 Å². The number of aliphatic imine (C=N–C) groups is 1. The number of hydrogen-bond donors (Lipinski definition) is 1. The molecule has 1 aromatic rings. The van der Waals surface area contributed by atoms with Crippen LogP contribution < -0.4 is 5.32 Å². The van der Waals surface area contributed by atoms with Gasteiger partial charge in [-0.05, 0) is 6.42 Å². The molecule has 2 aliphatic heterocycles. The number of aryl methyl sites for hydroxylation is 1. The summed E-state index contributed by atoms with van der Waals surface area (Å²) in [5, 5.41) is 4.63. The predicted octanol–water partition coefficient (Wildman–Crippen LogP) is 0.300. The van der Waals surface area contributed by atoms with E-state index in [1.54, 1.807) is 11.3 Å². The number of nitrogens with zero attached hydrogens (tertiary/aromatic N) is 5. The van der Waals surface area contributed by atoms with Crippen molar-refractivity contribution in [2.75, 3.05) is 72.6 Å². The third kappa shape index (κ3) is 5.89. The molecule has 0 aromatic carbocycles. The van der Waals surface area contributed by atoms with E-state index in [0.29, 0.717) is 32.8 Å². The maximum atomic E-state index is 12.4. The maximum Gasteiger partial charge on any atom is 0.236 e. The fourth-order valence-corrected chi connectivity index (χ4v) is 4.32. The van der Waals surface area contributed by atoms with E-state index >= 15 is 0 Å². The highest BCUT2D eigenvalue weighted by atomic mass is 32.1. The SMILES string of the molecule is CCc1cnc(CCNC(=NC)N2CCN(CC(=O)N3CCOCC3)CC2)s1. The van der Waals surface area contributed by atoms with Gasteiger partial charge in [0.15, 0.2) is 5.96 Å². The zero-order chi connectivity index (χ0) is 19.8. The summed E-state index contributed by atoms with van der Waals surface area (Å²) in [6.07, 6.45) is 3.94. The lowest BCUT2D eigenvalue weighted by Crippen LogP contribution is -2.55. The number of amides is 1. The highest BCUT2D eigenvalue weighted by Crippen LogP contribution is 2.13. The summed E-state index contributed by atoms with van der Waals surface area (Å²) in [6.45, 7) is 9.76. The van der Waals surface area contributed by atoms with Crippen molar-refractivity contribution in [2.45, 2.75) is 19.8 Å². The largest absolute Gasteiger partial charge is 0.378 e. The first-order valence-corrected chi connectivity index (χ1v) is 11.0. The van der Waals surface area contributed by atoms with Gasteiger partial charge in [0.1, 0.15) is 0 Å². The Morgan fingerprint density at radius 2 is 1.96 bits per heavy atom. The molecule has 156 valence electrons. The molecule has 3 heterocycles. The number of thiazole rings is 1. The molecular formula is C19H32N6O2S. The van der Waals surface area contributed by atoms with Gasteiger partial charge in [-0.3, -0.25) is 14.7 Å². The normalized spacial score (nSPS) is 19.1. The van der Waals surface area contributed by atoms with Crippen LogP contribution in [0.15, 0.2) is 11.2 Å². The number of hydrogen-bond acceptors (Lipinski definition) is 6. The summed E-state index contributed by atoms with van der Waals surface area (Å²) in [7, 11) is 1.83. The zero-order valence-corrected chi connectivity index (χ0v) is 17.8. The van der Waals surface area contributed by atoms with Crippen LogP contribution in [0, 0.1) is 0 Å². The van der Waals surface area contributed by atoms with Gasteiger partial charge in [0.25, 0.3) is 0 Å². The van der Waals surface area contributed by atoms with Crippen molar-refractivity contribution < 1.29 is 9.53 Å². The first-order chi connectivity index (χ1) is 13.7. The van der Waals surface area contributed by atoms with E-state index in [-0.39, 0.29) is 5.91 Å². The van der Waals surface area contributed by atoms with Crippen molar-refractivity contribution in [3.8, 4) is 0 Å². The molecule has 0 saturated carbocycles. The fourth-order valence-electron chi connectivity index (χ4n) is 3.46. The fraction of sp³-hybridized carbons (Fsp3) is 0.737. The highest BCUT2D eigenvalue weighted by molar-refractivity contribution is 7.11. The lowest BCUT2D eigenvalue weighted by atomic mass is 10.3. The van der Waals surface area contributed by atoms with Gasteiger partial charge >= 0.3 is 0 Å². The predicted molar refractivity (Wildman–Crippen MR) is 112 cm³/mol. The van der Waals surface area contributed by atoms with Crippen LogP contribution in [0.5, 0.6) is 0 Å². The summed E-state index contributed by atoms with van der Waals surface area (Å²) in [5.74, 6) is 1.15. The molecule has 28 heavy (non-hydrogen) atoms. The Kier molecular flexibility index (Phi) is 8.05. The Balaban J connectivity index is 1.38. The Morgan fingerprint density at radius 3 is 2.61 bits per heavy atom. The topological polar surface area (TPSA) is 73.3 Å². The smallest absolute Gasteiger partial charge is 0.236 e. The monoisotopic (exact) mass is 408 g/mol. The quantitative estimate of drug-likeness (QED) is 0.539. The van der Waals surface area contributed by atoms with Gasteiger partial charge in [0.05, 0.1) is 24.8 Å². The third-order valence-corrected chi connectivity index (χ3v) is 6.38. The molecule has 0 radical (unpaired) electrons. The van der Waals surface area contributed by atoms with E-state index in [9.17, 15) is 4.79 Å². The lowest BCUT2D eigenvalue weighted by molar-refractivity contribution is -0.136. The molecule has 8 nitrogen and oxygen atoms in total. The van der Waals surface area contributed by atoms with E-state index in [2.05, 4.69) is 32.0 Å². The van der Waals surface area contributed by atoms with Crippen molar-refractivity contribution in [2.24, 2.45) is 4.99 Å². The van der Waals surface area contributed by atoms with Gasteiger partial charge in [0, 0.05) is 70.4 Å². The van der Waals surface area contributed by atoms with Crippen molar-refractivity contribution >= 4 is 23.2 Å². The van der Waals surface area contributed by atoms with Gasteiger partial charge in [-0.25, -0.2) is 4.98 Å². The first kappa shape index (κ1) is 21.0. The van der Waals surface area contributed by atoms with Crippen LogP contribution in [0.4, 0.5) is 0 Å². The second kappa shape index (κ2) is 10.7. The van der Waals surface area contributed by atoms with Crippen LogP contribution in [0.1, 0.15) is 16.8 Å². The minimum atomic E-state index is 0.217. The first-order valence-electron chi connectivity index (χ1n) is 10.2. The number of piperazine rings is 1. The summed E-state index contributed by atoms with van der Waals surface area (Å²) >= 11 is 1.79. The highest BCUT2D eigenvalue weighted by Gasteiger charge is 2.24. The van der Waals surface area contributed by atoms with Crippen LogP contribution in [-0.4, -0.2) is 104 Å². The molecular weight excluding hydrogens is 376 g/mol. The molecule has 1 aromatic heterocycles. The summed E-state index contributed by atoms with van der Waals surface area (Å²) in [4.78, 5) is 29.1. The van der Waals surface area contributed by atoms with E-state index in [4.69, 9.17) is 4.74 Å². The molecule has 2 aliphatic rings. The number of rotatable bonds is 6. The number of nitrogens with one attached hydrogen (secondary N) is 1. The molecule has 3 rings (SSSR count). The van der Waals surface area contributed by atoms with E-state index in [0.717, 1.165) is 51.5 Å². The second-order valence-corrected chi connectivity index (χ2v) is 8.25. The van der Waals surface area contributed by atoms with Gasteiger partial charge in [-0.1, -0.05) is 6.92 Å². The van der Waals surface area contributed by atoms with Crippen LogP contribution in [-0.2, 0) is 22.4 Å². The van der Waals surface area contributed by atoms with Gasteiger partial charge in [-0.2, -0.15) is 0 Å². The second-order valence-electron chi connectivity index (χ2n) is 7.05. The zero-order valence-electron chi connectivity index (χ0n) is 17.0.